The van der Waals surface area contributed by atoms with E-state index in [1.54, 1.807) is 0 Å². The van der Waals surface area contributed by atoms with Crippen LogP contribution in [0.1, 0.15) is 181 Å². The summed E-state index contributed by atoms with van der Waals surface area (Å²) >= 11 is 0. The highest BCUT2D eigenvalue weighted by Gasteiger charge is 2.19. The van der Waals surface area contributed by atoms with Crippen molar-refractivity contribution in [2.75, 3.05) is 47.5 Å². The third-order valence-electron chi connectivity index (χ3n) is 8.37. The lowest BCUT2D eigenvalue weighted by atomic mass is 10.1. The Bertz CT molecular complexity index is 586. The zero-order valence-electron chi connectivity index (χ0n) is 30.7. The molecular weight excluding hydrogens is 562 g/mol. The second-order valence-corrected chi connectivity index (χ2v) is 14.2. The normalized spacial score (nSPS) is 12.8. The molecule has 1 atom stereocenters. The topological polar surface area (TPSA) is 18.5 Å². The van der Waals surface area contributed by atoms with E-state index in [0.717, 1.165) is 30.8 Å². The molecule has 0 spiro atoms. The van der Waals surface area contributed by atoms with Crippen molar-refractivity contribution in [3.63, 3.8) is 0 Å². The highest BCUT2D eigenvalue weighted by molar-refractivity contribution is 4.82. The Labute approximate surface area is 284 Å². The second-order valence-electron chi connectivity index (χ2n) is 14.2. The number of hydrogen-bond acceptors (Lipinski definition) is 2. The molecule has 0 rings (SSSR count). The van der Waals surface area contributed by atoms with Gasteiger partial charge < -0.3 is 26.4 Å². The first-order chi connectivity index (χ1) is 21.0. The fourth-order valence-corrected chi connectivity index (χ4v) is 5.68. The fourth-order valence-electron chi connectivity index (χ4n) is 5.68. The van der Waals surface area contributed by atoms with E-state index >= 15 is 0 Å². The van der Waals surface area contributed by atoms with Gasteiger partial charge >= 0.3 is 0 Å². The number of ether oxygens (including phenoxy) is 2. The summed E-state index contributed by atoms with van der Waals surface area (Å²) in [5.41, 5.74) is 0. The van der Waals surface area contributed by atoms with Crippen molar-refractivity contribution in [3.8, 4) is 0 Å². The van der Waals surface area contributed by atoms with Gasteiger partial charge in [-0.2, -0.15) is 0 Å². The van der Waals surface area contributed by atoms with E-state index in [-0.39, 0.29) is 18.5 Å². The van der Waals surface area contributed by atoms with Crippen LogP contribution in [-0.4, -0.2) is 58.1 Å². The molecule has 0 saturated heterocycles. The molecule has 0 aliphatic carbocycles. The van der Waals surface area contributed by atoms with Crippen molar-refractivity contribution < 1.29 is 26.4 Å². The van der Waals surface area contributed by atoms with Crippen LogP contribution in [0.5, 0.6) is 0 Å². The molecule has 0 fully saturated rings. The lowest BCUT2D eigenvalue weighted by Crippen LogP contribution is -3.00. The summed E-state index contributed by atoms with van der Waals surface area (Å²) in [5, 5.41) is 0. The average Bonchev–Trinajstić information content (AvgIpc) is 2.97. The van der Waals surface area contributed by atoms with Gasteiger partial charge in [0.15, 0.2) is 0 Å². The van der Waals surface area contributed by atoms with Crippen molar-refractivity contribution in [1.29, 1.82) is 0 Å². The van der Waals surface area contributed by atoms with Gasteiger partial charge in [-0.3, -0.25) is 0 Å². The van der Waals surface area contributed by atoms with Crippen LogP contribution in [0.15, 0.2) is 24.3 Å². The minimum atomic E-state index is 0. The average molecular weight is 643 g/mol. The number of likely N-dealkylation sites (N-methyl/N-ethyl adjacent to an activating group) is 1. The maximum absolute atomic E-state index is 6.31. The smallest absolute Gasteiger partial charge is 0.130 e. The molecule has 1 unspecified atom stereocenters. The molecule has 0 saturated carbocycles. The number of nitrogens with zero attached hydrogens (tertiary/aromatic N) is 1. The first-order valence-corrected chi connectivity index (χ1v) is 19.3. The van der Waals surface area contributed by atoms with Crippen LogP contribution in [0.3, 0.4) is 0 Å². The maximum Gasteiger partial charge on any atom is 0.130 e. The lowest BCUT2D eigenvalue weighted by molar-refractivity contribution is -0.873. The molecule has 0 heterocycles. The molecule has 0 aliphatic heterocycles. The number of quaternary nitrogens is 1. The van der Waals surface area contributed by atoms with E-state index in [1.807, 2.05) is 0 Å². The quantitative estimate of drug-likeness (QED) is 0.0390. The van der Waals surface area contributed by atoms with Crippen molar-refractivity contribution in [2.24, 2.45) is 0 Å². The van der Waals surface area contributed by atoms with Gasteiger partial charge in [0.25, 0.3) is 0 Å². The van der Waals surface area contributed by atoms with Crippen molar-refractivity contribution in [3.05, 3.63) is 24.3 Å². The van der Waals surface area contributed by atoms with Gasteiger partial charge in [0, 0.05) is 13.2 Å². The molecule has 0 radical (unpaired) electrons. The summed E-state index contributed by atoms with van der Waals surface area (Å²) in [6, 6.07) is 0. The van der Waals surface area contributed by atoms with E-state index in [1.165, 1.54) is 167 Å². The number of unbranched alkanes of at least 4 members (excludes halogenated alkanes) is 22. The summed E-state index contributed by atoms with van der Waals surface area (Å²) in [7, 11) is 6.76. The van der Waals surface area contributed by atoms with E-state index in [4.69, 9.17) is 9.47 Å². The second kappa shape index (κ2) is 37.1. The fraction of sp³-hybridized carbons (Fsp3) is 0.900. The molecule has 0 aromatic heterocycles. The number of rotatable bonds is 35. The van der Waals surface area contributed by atoms with Crippen molar-refractivity contribution >= 4 is 0 Å². The van der Waals surface area contributed by atoms with Crippen LogP contribution in [0, 0.1) is 0 Å². The van der Waals surface area contributed by atoms with E-state index < -0.39 is 0 Å². The van der Waals surface area contributed by atoms with Gasteiger partial charge in [-0.1, -0.05) is 141 Å². The zero-order valence-corrected chi connectivity index (χ0v) is 31.5. The highest BCUT2D eigenvalue weighted by atomic mass is 35.5. The van der Waals surface area contributed by atoms with Gasteiger partial charge in [0.2, 0.25) is 0 Å². The lowest BCUT2D eigenvalue weighted by Gasteiger charge is -2.29. The van der Waals surface area contributed by atoms with Gasteiger partial charge in [0.05, 0.1) is 27.7 Å². The molecular formula is C40H80ClNO2. The molecule has 3 nitrogen and oxygen atoms in total. The molecule has 4 heteroatoms. The van der Waals surface area contributed by atoms with Crippen LogP contribution in [0.4, 0.5) is 0 Å². The molecule has 0 N–H and O–H groups in total. The van der Waals surface area contributed by atoms with Crippen molar-refractivity contribution in [1.82, 2.24) is 0 Å². The first kappa shape index (κ1) is 45.8. The zero-order chi connectivity index (χ0) is 31.5. The van der Waals surface area contributed by atoms with Gasteiger partial charge in [-0.15, -0.1) is 0 Å². The summed E-state index contributed by atoms with van der Waals surface area (Å²) < 4.78 is 13.3. The molecule has 0 amide bonds. The van der Waals surface area contributed by atoms with Crippen LogP contribution in [0.25, 0.3) is 0 Å². The van der Waals surface area contributed by atoms with Gasteiger partial charge in [0.1, 0.15) is 12.6 Å². The molecule has 0 bridgehead atoms. The predicted octanol–water partition coefficient (Wildman–Crippen LogP) is 9.39. The summed E-state index contributed by atoms with van der Waals surface area (Å²) in [4.78, 5) is 0. The van der Waals surface area contributed by atoms with Crippen LogP contribution in [-0.2, 0) is 9.47 Å². The van der Waals surface area contributed by atoms with Gasteiger partial charge in [-0.25, -0.2) is 0 Å². The summed E-state index contributed by atoms with van der Waals surface area (Å²) in [6.07, 6.45) is 44.7. The predicted molar refractivity (Wildman–Crippen MR) is 193 cm³/mol. The van der Waals surface area contributed by atoms with E-state index in [0.29, 0.717) is 0 Å². The number of halogens is 1. The summed E-state index contributed by atoms with van der Waals surface area (Å²) in [6.45, 7) is 8.09. The van der Waals surface area contributed by atoms with Crippen LogP contribution >= 0.6 is 0 Å². The SMILES string of the molecule is CCCCCCC/C=C/CCCCCCCCOCC(C[N+](C)(C)C)OCCCCCCCC/C=C/CCCCCCC.[Cl-]. The third kappa shape index (κ3) is 39.7. The molecule has 264 valence electrons. The van der Waals surface area contributed by atoms with Crippen LogP contribution in [0.2, 0.25) is 0 Å². The number of hydrogen-bond donors (Lipinski definition) is 0. The minimum absolute atomic E-state index is 0. The summed E-state index contributed by atoms with van der Waals surface area (Å²) in [5.74, 6) is 0. The Hall–Kier alpha value is -0.350. The standard InChI is InChI=1S/C40H80NO2.ClH/c1-6-8-10-12-14-16-18-20-22-24-26-28-30-32-34-36-42-39-40(38-41(3,4)5)43-37-35-33-31-29-27-25-23-21-19-17-15-13-11-9-7-2;/h18-21,40H,6-17,22-39H2,1-5H3;1H/q+1;/p-1/b20-18+,21-19+;. The Morgan fingerprint density at radius 1 is 0.455 bits per heavy atom. The Morgan fingerprint density at radius 3 is 1.18 bits per heavy atom. The number of allylic oxidation sites excluding steroid dienone is 4. The molecule has 0 aliphatic rings. The Balaban J connectivity index is 0. The molecule has 44 heavy (non-hydrogen) atoms. The van der Waals surface area contributed by atoms with Crippen LogP contribution < -0.4 is 12.4 Å². The Morgan fingerprint density at radius 2 is 0.795 bits per heavy atom. The third-order valence-corrected chi connectivity index (χ3v) is 8.37. The van der Waals surface area contributed by atoms with Gasteiger partial charge in [-0.05, 0) is 64.2 Å². The molecule has 0 aromatic carbocycles. The van der Waals surface area contributed by atoms with E-state index in [9.17, 15) is 0 Å². The largest absolute Gasteiger partial charge is 1.00 e. The highest BCUT2D eigenvalue weighted by Crippen LogP contribution is 2.12. The maximum atomic E-state index is 6.31. The Kier molecular flexibility index (Phi) is 38.6. The minimum Gasteiger partial charge on any atom is -1.00 e. The molecule has 0 aromatic rings. The first-order valence-electron chi connectivity index (χ1n) is 19.3. The van der Waals surface area contributed by atoms with E-state index in [2.05, 4.69) is 59.3 Å². The monoisotopic (exact) mass is 642 g/mol. The van der Waals surface area contributed by atoms with Crippen molar-refractivity contribution in [2.45, 2.75) is 187 Å².